The number of nitrogens with zero attached hydrogens (tertiary/aromatic N) is 1. The van der Waals surface area contributed by atoms with Crippen LogP contribution < -0.4 is 5.32 Å². The average molecular weight is 278 g/mol. The van der Waals surface area contributed by atoms with Gasteiger partial charge in [-0.3, -0.25) is 0 Å². The van der Waals surface area contributed by atoms with Crippen LogP contribution in [0.2, 0.25) is 0 Å². The minimum absolute atomic E-state index is 0.718. The Bertz CT molecular complexity index is 576. The first kappa shape index (κ1) is 15.3. The van der Waals surface area contributed by atoms with Crippen molar-refractivity contribution in [2.75, 3.05) is 13.6 Å². The molecule has 0 fully saturated rings. The lowest BCUT2D eigenvalue weighted by Gasteiger charge is -2.05. The molecule has 0 bridgehead atoms. The van der Waals surface area contributed by atoms with Crippen LogP contribution in [-0.4, -0.2) is 13.6 Å². The molecule has 0 aliphatic carbocycles. The highest BCUT2D eigenvalue weighted by atomic mass is 14.8. The molecule has 108 valence electrons. The van der Waals surface area contributed by atoms with Gasteiger partial charge in [-0.05, 0) is 68.1 Å². The van der Waals surface area contributed by atoms with Crippen LogP contribution in [0.25, 0.3) is 0 Å². The van der Waals surface area contributed by atoms with E-state index in [9.17, 15) is 0 Å². The van der Waals surface area contributed by atoms with Gasteiger partial charge in [-0.15, -0.1) is 0 Å². The summed E-state index contributed by atoms with van der Waals surface area (Å²) in [6.07, 6.45) is 4.53. The molecule has 0 aliphatic rings. The Labute approximate surface area is 127 Å². The molecule has 0 heterocycles. The lowest BCUT2D eigenvalue weighted by Crippen LogP contribution is -2.07. The predicted molar refractivity (Wildman–Crippen MR) is 87.3 cm³/mol. The molecule has 1 N–H and O–H groups in total. The Morgan fingerprint density at radius 2 is 1.43 bits per heavy atom. The van der Waals surface area contributed by atoms with Crippen molar-refractivity contribution in [1.82, 2.24) is 5.32 Å². The maximum atomic E-state index is 8.80. The van der Waals surface area contributed by atoms with Crippen molar-refractivity contribution >= 4 is 0 Å². The third kappa shape index (κ3) is 5.06. The Kier molecular flexibility index (Phi) is 5.99. The quantitative estimate of drug-likeness (QED) is 0.784. The first-order chi connectivity index (χ1) is 10.3. The van der Waals surface area contributed by atoms with Crippen LogP contribution >= 0.6 is 0 Å². The van der Waals surface area contributed by atoms with Crippen molar-refractivity contribution in [2.24, 2.45) is 0 Å². The molecule has 2 aromatic rings. The fourth-order valence-corrected chi connectivity index (χ4v) is 2.39. The number of benzene rings is 2. The van der Waals surface area contributed by atoms with Crippen molar-refractivity contribution in [3.63, 3.8) is 0 Å². The highest BCUT2D eigenvalue weighted by molar-refractivity contribution is 5.34. The summed E-state index contributed by atoms with van der Waals surface area (Å²) in [7, 11) is 2.00. The fraction of sp³-hybridized carbons (Fsp3) is 0.316. The van der Waals surface area contributed by atoms with E-state index in [-0.39, 0.29) is 0 Å². The molecule has 2 nitrogen and oxygen atoms in total. The lowest BCUT2D eigenvalue weighted by molar-refractivity contribution is 0.677. The third-order valence-electron chi connectivity index (χ3n) is 3.66. The van der Waals surface area contributed by atoms with Crippen molar-refractivity contribution in [3.8, 4) is 6.07 Å². The SMILES string of the molecule is CNCCCCc1ccc(Cc2ccc(C#N)cc2)cc1. The van der Waals surface area contributed by atoms with Gasteiger partial charge in [-0.1, -0.05) is 36.4 Å². The van der Waals surface area contributed by atoms with E-state index >= 15 is 0 Å². The van der Waals surface area contributed by atoms with Gasteiger partial charge in [0.15, 0.2) is 0 Å². The van der Waals surface area contributed by atoms with Crippen molar-refractivity contribution < 1.29 is 0 Å². The summed E-state index contributed by atoms with van der Waals surface area (Å²) in [6.45, 7) is 1.09. The highest BCUT2D eigenvalue weighted by Crippen LogP contribution is 2.13. The molecule has 0 aliphatic heterocycles. The molecule has 0 saturated carbocycles. The van der Waals surface area contributed by atoms with Gasteiger partial charge in [-0.25, -0.2) is 0 Å². The number of nitriles is 1. The maximum Gasteiger partial charge on any atom is 0.0991 e. The molecule has 2 heteroatoms. The molecule has 0 unspecified atom stereocenters. The average Bonchev–Trinajstić information content (AvgIpc) is 2.54. The predicted octanol–water partition coefficient (Wildman–Crippen LogP) is 3.69. The molecule has 0 amide bonds. The summed E-state index contributed by atoms with van der Waals surface area (Å²) in [5.74, 6) is 0. The smallest absolute Gasteiger partial charge is 0.0991 e. The van der Waals surface area contributed by atoms with Crippen molar-refractivity contribution in [3.05, 3.63) is 70.8 Å². The van der Waals surface area contributed by atoms with Gasteiger partial charge in [0.1, 0.15) is 0 Å². The zero-order chi connectivity index (χ0) is 14.9. The van der Waals surface area contributed by atoms with Crippen molar-refractivity contribution in [2.45, 2.75) is 25.7 Å². The van der Waals surface area contributed by atoms with Gasteiger partial charge in [0, 0.05) is 0 Å². The van der Waals surface area contributed by atoms with E-state index in [1.54, 1.807) is 0 Å². The van der Waals surface area contributed by atoms with Crippen LogP contribution in [0.5, 0.6) is 0 Å². The number of unbranched alkanes of at least 4 members (excludes halogenated alkanes) is 1. The van der Waals surface area contributed by atoms with Crippen LogP contribution in [-0.2, 0) is 12.8 Å². The van der Waals surface area contributed by atoms with E-state index in [0.717, 1.165) is 24.9 Å². The molecule has 0 aromatic heterocycles. The molecule has 0 spiro atoms. The minimum atomic E-state index is 0.718. The second kappa shape index (κ2) is 8.24. The van der Waals surface area contributed by atoms with E-state index in [2.05, 4.69) is 35.7 Å². The van der Waals surface area contributed by atoms with Crippen LogP contribution in [0.1, 0.15) is 35.1 Å². The zero-order valence-electron chi connectivity index (χ0n) is 12.6. The Morgan fingerprint density at radius 3 is 2.00 bits per heavy atom. The number of aryl methyl sites for hydroxylation is 1. The van der Waals surface area contributed by atoms with Gasteiger partial charge in [0.2, 0.25) is 0 Å². The molecule has 0 saturated heterocycles. The third-order valence-corrected chi connectivity index (χ3v) is 3.66. The summed E-state index contributed by atoms with van der Waals surface area (Å²) in [4.78, 5) is 0. The number of rotatable bonds is 7. The van der Waals surface area contributed by atoms with E-state index in [1.807, 2.05) is 31.3 Å². The Hall–Kier alpha value is -2.11. The zero-order valence-corrected chi connectivity index (χ0v) is 12.6. The summed E-state index contributed by atoms with van der Waals surface area (Å²) in [5, 5.41) is 12.0. The van der Waals surface area contributed by atoms with Crippen molar-refractivity contribution in [1.29, 1.82) is 5.26 Å². The summed E-state index contributed by atoms with van der Waals surface area (Å²) in [6, 6.07) is 18.9. The second-order valence-corrected chi connectivity index (χ2v) is 5.36. The van der Waals surface area contributed by atoms with Gasteiger partial charge >= 0.3 is 0 Å². The van der Waals surface area contributed by atoms with E-state index in [0.29, 0.717) is 0 Å². The summed E-state index contributed by atoms with van der Waals surface area (Å²) < 4.78 is 0. The monoisotopic (exact) mass is 278 g/mol. The molecule has 21 heavy (non-hydrogen) atoms. The topological polar surface area (TPSA) is 35.8 Å². The lowest BCUT2D eigenvalue weighted by atomic mass is 10.0. The minimum Gasteiger partial charge on any atom is -0.320 e. The number of hydrogen-bond donors (Lipinski definition) is 1. The van der Waals surface area contributed by atoms with Gasteiger partial charge in [0.05, 0.1) is 11.6 Å². The Morgan fingerprint density at radius 1 is 0.857 bits per heavy atom. The van der Waals surface area contributed by atoms with Gasteiger partial charge in [0.25, 0.3) is 0 Å². The van der Waals surface area contributed by atoms with Crippen LogP contribution in [0.3, 0.4) is 0 Å². The highest BCUT2D eigenvalue weighted by Gasteiger charge is 1.99. The fourth-order valence-electron chi connectivity index (χ4n) is 2.39. The molecular formula is C19H22N2. The molecule has 2 aromatic carbocycles. The first-order valence-corrected chi connectivity index (χ1v) is 7.53. The van der Waals surface area contributed by atoms with E-state index < -0.39 is 0 Å². The van der Waals surface area contributed by atoms with Crippen LogP contribution in [0, 0.1) is 11.3 Å². The standard InChI is InChI=1S/C19H22N2/c1-21-13-3-2-4-16-5-7-17(8-6-16)14-18-9-11-19(15-20)12-10-18/h5-12,21H,2-4,13-14H2,1H3. The second-order valence-electron chi connectivity index (χ2n) is 5.36. The molecular weight excluding hydrogens is 256 g/mol. The van der Waals surface area contributed by atoms with Crippen LogP contribution in [0.15, 0.2) is 48.5 Å². The normalized spacial score (nSPS) is 10.3. The summed E-state index contributed by atoms with van der Waals surface area (Å²) in [5.41, 5.74) is 4.69. The molecule has 0 atom stereocenters. The number of hydrogen-bond acceptors (Lipinski definition) is 2. The largest absolute Gasteiger partial charge is 0.320 e. The molecule has 0 radical (unpaired) electrons. The maximum absolute atomic E-state index is 8.80. The molecule has 2 rings (SSSR count). The van der Waals surface area contributed by atoms with Gasteiger partial charge < -0.3 is 5.32 Å². The van der Waals surface area contributed by atoms with E-state index in [1.165, 1.54) is 29.5 Å². The van der Waals surface area contributed by atoms with Gasteiger partial charge in [-0.2, -0.15) is 5.26 Å². The van der Waals surface area contributed by atoms with E-state index in [4.69, 9.17) is 5.26 Å². The van der Waals surface area contributed by atoms with Crippen LogP contribution in [0.4, 0.5) is 0 Å². The summed E-state index contributed by atoms with van der Waals surface area (Å²) >= 11 is 0. The number of nitrogens with one attached hydrogen (secondary N) is 1. The first-order valence-electron chi connectivity index (χ1n) is 7.53. The Balaban J connectivity index is 1.88.